The third-order valence-corrected chi connectivity index (χ3v) is 4.31. The number of rotatable bonds is 7. The SMILES string of the molecule is COc1cccc(NC(=O)C[NH+](C)CC(=O)Nc2ccc3c(c2)OCCCO3)c1. The molecule has 3 rings (SSSR count). The molecular weight excluding hydrogens is 374 g/mol. The van der Waals surface area contributed by atoms with Crippen molar-refractivity contribution in [3.8, 4) is 17.2 Å². The Bertz CT molecular complexity index is 871. The number of ether oxygens (including phenoxy) is 3. The zero-order chi connectivity index (χ0) is 20.6. The largest absolute Gasteiger partial charge is 0.497 e. The van der Waals surface area contributed by atoms with Gasteiger partial charge in [-0.2, -0.15) is 0 Å². The summed E-state index contributed by atoms with van der Waals surface area (Å²) in [5.74, 6) is 1.60. The predicted octanol–water partition coefficient (Wildman–Crippen LogP) is 0.948. The Balaban J connectivity index is 1.48. The van der Waals surface area contributed by atoms with E-state index in [1.807, 2.05) is 0 Å². The summed E-state index contributed by atoms with van der Waals surface area (Å²) in [6, 6.07) is 12.4. The van der Waals surface area contributed by atoms with Crippen LogP contribution in [0.2, 0.25) is 0 Å². The highest BCUT2D eigenvalue weighted by atomic mass is 16.5. The first-order valence-electron chi connectivity index (χ1n) is 9.48. The van der Waals surface area contributed by atoms with Crippen LogP contribution < -0.4 is 29.7 Å². The van der Waals surface area contributed by atoms with E-state index in [-0.39, 0.29) is 24.9 Å². The van der Waals surface area contributed by atoms with Crippen LogP contribution in [0.25, 0.3) is 0 Å². The van der Waals surface area contributed by atoms with Gasteiger partial charge >= 0.3 is 0 Å². The minimum atomic E-state index is -0.189. The third-order valence-electron chi connectivity index (χ3n) is 4.31. The number of benzene rings is 2. The number of methoxy groups -OCH3 is 1. The molecule has 2 amide bonds. The topological polar surface area (TPSA) is 90.3 Å². The molecule has 1 unspecified atom stereocenters. The van der Waals surface area contributed by atoms with Crippen LogP contribution in [0, 0.1) is 0 Å². The Morgan fingerprint density at radius 1 is 0.966 bits per heavy atom. The van der Waals surface area contributed by atoms with Crippen molar-refractivity contribution < 1.29 is 28.7 Å². The number of hydrogen-bond donors (Lipinski definition) is 3. The van der Waals surface area contributed by atoms with E-state index in [9.17, 15) is 9.59 Å². The van der Waals surface area contributed by atoms with Gasteiger partial charge < -0.3 is 29.7 Å². The van der Waals surface area contributed by atoms with Crippen LogP contribution in [0.4, 0.5) is 11.4 Å². The van der Waals surface area contributed by atoms with Crippen molar-refractivity contribution in [3.63, 3.8) is 0 Å². The van der Waals surface area contributed by atoms with E-state index in [0.29, 0.717) is 41.8 Å². The number of nitrogens with one attached hydrogen (secondary N) is 3. The molecular formula is C21H26N3O5+. The molecule has 1 aliphatic rings. The van der Waals surface area contributed by atoms with Crippen molar-refractivity contribution in [2.75, 3.05) is 51.1 Å². The molecule has 0 radical (unpaired) electrons. The lowest BCUT2D eigenvalue weighted by atomic mass is 10.2. The van der Waals surface area contributed by atoms with E-state index in [1.165, 1.54) is 0 Å². The average Bonchev–Trinajstić information content (AvgIpc) is 2.92. The molecule has 0 aromatic heterocycles. The second-order valence-electron chi connectivity index (χ2n) is 6.85. The Labute approximate surface area is 169 Å². The molecule has 1 heterocycles. The van der Waals surface area contributed by atoms with Crippen LogP contribution in [0.5, 0.6) is 17.2 Å². The first-order chi connectivity index (χ1) is 14.0. The van der Waals surface area contributed by atoms with Gasteiger partial charge in [0.1, 0.15) is 5.75 Å². The Morgan fingerprint density at radius 3 is 2.31 bits per heavy atom. The number of carbonyl (C=O) groups excluding carboxylic acids is 2. The van der Waals surface area contributed by atoms with Gasteiger partial charge in [0, 0.05) is 29.9 Å². The Morgan fingerprint density at radius 2 is 1.62 bits per heavy atom. The molecule has 0 spiro atoms. The fraction of sp³-hybridized carbons (Fsp3) is 0.333. The molecule has 1 atom stereocenters. The Hall–Kier alpha value is -3.26. The quantitative estimate of drug-likeness (QED) is 0.644. The molecule has 3 N–H and O–H groups in total. The van der Waals surface area contributed by atoms with Crippen molar-refractivity contribution in [1.82, 2.24) is 0 Å². The highest BCUT2D eigenvalue weighted by Gasteiger charge is 2.16. The standard InChI is InChI=1S/C21H25N3O5/c1-24(13-20(25)22-15-5-3-6-17(11-15)27-2)14-21(26)23-16-7-8-18-19(12-16)29-10-4-9-28-18/h3,5-8,11-12H,4,9-10,13-14H2,1-2H3,(H,22,25)(H,23,26)/p+1. The van der Waals surface area contributed by atoms with Crippen molar-refractivity contribution in [2.45, 2.75) is 6.42 Å². The maximum absolute atomic E-state index is 12.3. The summed E-state index contributed by atoms with van der Waals surface area (Å²) in [7, 11) is 3.36. The van der Waals surface area contributed by atoms with Crippen LogP contribution in [-0.4, -0.2) is 52.3 Å². The molecule has 2 aromatic rings. The van der Waals surface area contributed by atoms with Gasteiger partial charge in [-0.05, 0) is 24.3 Å². The third kappa shape index (κ3) is 6.11. The highest BCUT2D eigenvalue weighted by Crippen LogP contribution is 2.32. The number of fused-ring (bicyclic) bond motifs is 1. The first-order valence-corrected chi connectivity index (χ1v) is 9.48. The summed E-state index contributed by atoms with van der Waals surface area (Å²) >= 11 is 0. The van der Waals surface area contributed by atoms with E-state index in [4.69, 9.17) is 14.2 Å². The van der Waals surface area contributed by atoms with Gasteiger partial charge in [0.05, 0.1) is 27.4 Å². The maximum Gasteiger partial charge on any atom is 0.279 e. The van der Waals surface area contributed by atoms with Crippen LogP contribution in [0.15, 0.2) is 42.5 Å². The minimum absolute atomic E-state index is 0.153. The molecule has 0 saturated heterocycles. The summed E-state index contributed by atoms with van der Waals surface area (Å²) < 4.78 is 16.4. The van der Waals surface area contributed by atoms with E-state index < -0.39 is 0 Å². The highest BCUT2D eigenvalue weighted by molar-refractivity contribution is 5.93. The van der Waals surface area contributed by atoms with Crippen molar-refractivity contribution in [3.05, 3.63) is 42.5 Å². The van der Waals surface area contributed by atoms with E-state index >= 15 is 0 Å². The molecule has 8 nitrogen and oxygen atoms in total. The smallest absolute Gasteiger partial charge is 0.279 e. The summed E-state index contributed by atoms with van der Waals surface area (Å²) in [5.41, 5.74) is 1.28. The summed E-state index contributed by atoms with van der Waals surface area (Å²) in [4.78, 5) is 25.3. The van der Waals surface area contributed by atoms with Gasteiger partial charge in [-0.15, -0.1) is 0 Å². The monoisotopic (exact) mass is 400 g/mol. The lowest BCUT2D eigenvalue weighted by Gasteiger charge is -2.15. The zero-order valence-electron chi connectivity index (χ0n) is 16.6. The second-order valence-corrected chi connectivity index (χ2v) is 6.85. The van der Waals surface area contributed by atoms with E-state index in [0.717, 1.165) is 11.3 Å². The molecule has 8 heteroatoms. The molecule has 2 aromatic carbocycles. The van der Waals surface area contributed by atoms with Gasteiger partial charge in [0.2, 0.25) is 0 Å². The summed E-state index contributed by atoms with van der Waals surface area (Å²) in [6.07, 6.45) is 0.822. The van der Waals surface area contributed by atoms with Crippen LogP contribution >= 0.6 is 0 Å². The van der Waals surface area contributed by atoms with Crippen molar-refractivity contribution in [1.29, 1.82) is 0 Å². The van der Waals surface area contributed by atoms with Gasteiger partial charge in [0.25, 0.3) is 11.8 Å². The van der Waals surface area contributed by atoms with Gasteiger partial charge in [0.15, 0.2) is 24.6 Å². The predicted molar refractivity (Wildman–Crippen MR) is 109 cm³/mol. The number of hydrogen-bond acceptors (Lipinski definition) is 5. The van der Waals surface area contributed by atoms with E-state index in [1.54, 1.807) is 56.6 Å². The maximum atomic E-state index is 12.3. The summed E-state index contributed by atoms with van der Waals surface area (Å²) in [5, 5.41) is 5.65. The lowest BCUT2D eigenvalue weighted by molar-refractivity contribution is -0.862. The molecule has 0 saturated carbocycles. The van der Waals surface area contributed by atoms with Crippen molar-refractivity contribution in [2.24, 2.45) is 0 Å². The molecule has 0 aliphatic carbocycles. The molecule has 29 heavy (non-hydrogen) atoms. The van der Waals surface area contributed by atoms with Crippen LogP contribution in [0.1, 0.15) is 6.42 Å². The van der Waals surface area contributed by atoms with Crippen molar-refractivity contribution >= 4 is 23.2 Å². The average molecular weight is 400 g/mol. The molecule has 154 valence electrons. The number of anilines is 2. The summed E-state index contributed by atoms with van der Waals surface area (Å²) in [6.45, 7) is 1.51. The second kappa shape index (κ2) is 9.79. The normalized spacial score (nSPS) is 13.7. The fourth-order valence-electron chi connectivity index (χ4n) is 2.96. The lowest BCUT2D eigenvalue weighted by Crippen LogP contribution is -3.11. The minimum Gasteiger partial charge on any atom is -0.497 e. The van der Waals surface area contributed by atoms with Gasteiger partial charge in [-0.3, -0.25) is 9.59 Å². The van der Waals surface area contributed by atoms with Crippen LogP contribution in [-0.2, 0) is 9.59 Å². The Kier molecular flexibility index (Phi) is 6.91. The molecule has 0 bridgehead atoms. The van der Waals surface area contributed by atoms with Crippen LogP contribution in [0.3, 0.4) is 0 Å². The molecule has 1 aliphatic heterocycles. The number of amides is 2. The number of likely N-dealkylation sites (N-methyl/N-ethyl adjacent to an activating group) is 1. The van der Waals surface area contributed by atoms with Gasteiger partial charge in [-0.1, -0.05) is 6.07 Å². The molecule has 0 fully saturated rings. The fourth-order valence-corrected chi connectivity index (χ4v) is 2.96. The number of quaternary nitrogens is 1. The first kappa shape index (κ1) is 20.5. The number of carbonyl (C=O) groups is 2. The van der Waals surface area contributed by atoms with E-state index in [2.05, 4.69) is 10.6 Å². The zero-order valence-corrected chi connectivity index (χ0v) is 16.6. The van der Waals surface area contributed by atoms with Gasteiger partial charge in [-0.25, -0.2) is 0 Å².